The molecule has 2 N–H and O–H groups in total. The van der Waals surface area contributed by atoms with E-state index in [4.69, 9.17) is 0 Å². The van der Waals surface area contributed by atoms with E-state index in [2.05, 4.69) is 22.1 Å². The first-order valence-electron chi connectivity index (χ1n) is 8.68. The minimum Gasteiger partial charge on any atom is -0.335 e. The second-order valence-corrected chi connectivity index (χ2v) is 7.53. The summed E-state index contributed by atoms with van der Waals surface area (Å²) < 4.78 is 0. The van der Waals surface area contributed by atoms with Crippen molar-refractivity contribution in [3.8, 4) is 0 Å². The lowest BCUT2D eigenvalue weighted by atomic mass is 10.1. The van der Waals surface area contributed by atoms with Crippen molar-refractivity contribution in [2.45, 2.75) is 44.3 Å². The van der Waals surface area contributed by atoms with E-state index in [1.54, 1.807) is 17.4 Å². The number of amides is 3. The van der Waals surface area contributed by atoms with Crippen LogP contribution in [0.5, 0.6) is 0 Å². The zero-order valence-corrected chi connectivity index (χ0v) is 14.7. The van der Waals surface area contributed by atoms with Crippen molar-refractivity contribution in [2.24, 2.45) is 0 Å². The van der Waals surface area contributed by atoms with E-state index in [1.165, 1.54) is 5.56 Å². The average molecular weight is 355 g/mol. The first-order chi connectivity index (χ1) is 12.2. The smallest absolute Gasteiger partial charge is 0.319 e. The number of hydrogen-bond acceptors (Lipinski definition) is 3. The van der Waals surface area contributed by atoms with Gasteiger partial charge in [0.15, 0.2) is 0 Å². The molecule has 6 heteroatoms. The maximum Gasteiger partial charge on any atom is 0.319 e. The Kier molecular flexibility index (Phi) is 4.44. The molecular weight excluding hydrogens is 334 g/mol. The summed E-state index contributed by atoms with van der Waals surface area (Å²) in [6.45, 7) is 0.646. The molecule has 0 bridgehead atoms. The monoisotopic (exact) mass is 355 g/mol. The van der Waals surface area contributed by atoms with E-state index in [0.717, 1.165) is 25.7 Å². The minimum atomic E-state index is -0.204. The van der Waals surface area contributed by atoms with Gasteiger partial charge in [0.25, 0.3) is 5.91 Å². The van der Waals surface area contributed by atoms with Crippen molar-refractivity contribution in [2.75, 3.05) is 5.32 Å². The van der Waals surface area contributed by atoms with E-state index < -0.39 is 0 Å². The Labute approximate surface area is 151 Å². The van der Waals surface area contributed by atoms with E-state index >= 15 is 0 Å². The molecular formula is C19H21N3O2S. The molecule has 2 aliphatic carbocycles. The zero-order valence-electron chi connectivity index (χ0n) is 13.9. The number of rotatable bonds is 6. The highest BCUT2D eigenvalue weighted by Gasteiger charge is 2.33. The summed E-state index contributed by atoms with van der Waals surface area (Å²) in [6, 6.07) is 9.70. The van der Waals surface area contributed by atoms with Crippen molar-refractivity contribution >= 4 is 29.0 Å². The Morgan fingerprint density at radius 1 is 1.16 bits per heavy atom. The second kappa shape index (κ2) is 6.88. The highest BCUT2D eigenvalue weighted by atomic mass is 32.1. The number of urea groups is 1. The maximum atomic E-state index is 13.0. The van der Waals surface area contributed by atoms with Crippen LogP contribution in [0.25, 0.3) is 0 Å². The van der Waals surface area contributed by atoms with Gasteiger partial charge in [0.2, 0.25) is 0 Å². The fourth-order valence-electron chi connectivity index (χ4n) is 2.81. The Morgan fingerprint density at radius 2 is 2.00 bits per heavy atom. The van der Waals surface area contributed by atoms with Crippen molar-refractivity contribution in [1.29, 1.82) is 0 Å². The number of nitrogens with zero attached hydrogens (tertiary/aromatic N) is 1. The maximum absolute atomic E-state index is 13.0. The first kappa shape index (κ1) is 16.1. The van der Waals surface area contributed by atoms with Crippen LogP contribution in [-0.2, 0) is 6.54 Å². The molecule has 0 unspecified atom stereocenters. The van der Waals surface area contributed by atoms with Gasteiger partial charge in [-0.2, -0.15) is 11.3 Å². The standard InChI is InChI=1S/C19H21N3O2S/c23-18(22(17-6-7-17)11-13-8-9-25-12-13)14-2-1-3-16(10-14)21-19(24)20-15-4-5-15/h1-3,8-10,12,15,17H,4-7,11H2,(H2,20,21,24). The lowest BCUT2D eigenvalue weighted by Crippen LogP contribution is -2.33. The Morgan fingerprint density at radius 3 is 2.68 bits per heavy atom. The van der Waals surface area contributed by atoms with Gasteiger partial charge in [-0.1, -0.05) is 6.07 Å². The number of carbonyl (C=O) groups is 2. The van der Waals surface area contributed by atoms with Crippen molar-refractivity contribution in [3.63, 3.8) is 0 Å². The number of carbonyl (C=O) groups excluding carboxylic acids is 2. The summed E-state index contributed by atoms with van der Waals surface area (Å²) in [6.07, 6.45) is 4.23. The number of nitrogens with one attached hydrogen (secondary N) is 2. The van der Waals surface area contributed by atoms with E-state index in [1.807, 2.05) is 28.5 Å². The van der Waals surface area contributed by atoms with Gasteiger partial charge in [0.05, 0.1) is 0 Å². The second-order valence-electron chi connectivity index (χ2n) is 6.75. The van der Waals surface area contributed by atoms with Gasteiger partial charge in [0.1, 0.15) is 0 Å². The van der Waals surface area contributed by atoms with Crippen LogP contribution in [0.1, 0.15) is 41.6 Å². The van der Waals surface area contributed by atoms with Crippen LogP contribution in [0, 0.1) is 0 Å². The quantitative estimate of drug-likeness (QED) is 0.827. The predicted molar refractivity (Wildman–Crippen MR) is 98.8 cm³/mol. The van der Waals surface area contributed by atoms with Crippen LogP contribution in [0.4, 0.5) is 10.5 Å². The van der Waals surface area contributed by atoms with E-state index in [-0.39, 0.29) is 11.9 Å². The molecule has 2 fully saturated rings. The van der Waals surface area contributed by atoms with Crippen LogP contribution in [-0.4, -0.2) is 28.9 Å². The molecule has 130 valence electrons. The molecule has 2 aromatic rings. The van der Waals surface area contributed by atoms with Crippen LogP contribution in [0.15, 0.2) is 41.1 Å². The molecule has 0 radical (unpaired) electrons. The average Bonchev–Trinajstić information content (AvgIpc) is 3.53. The molecule has 25 heavy (non-hydrogen) atoms. The normalized spacial score (nSPS) is 16.3. The number of benzene rings is 1. The van der Waals surface area contributed by atoms with Crippen molar-refractivity contribution in [3.05, 3.63) is 52.2 Å². The lowest BCUT2D eigenvalue weighted by molar-refractivity contribution is 0.0730. The van der Waals surface area contributed by atoms with Gasteiger partial charge in [-0.05, 0) is 66.3 Å². The zero-order chi connectivity index (χ0) is 17.2. The third-order valence-electron chi connectivity index (χ3n) is 4.46. The molecule has 0 aliphatic heterocycles. The fraction of sp³-hybridized carbons (Fsp3) is 0.368. The van der Waals surface area contributed by atoms with Crippen molar-refractivity contribution < 1.29 is 9.59 Å². The summed E-state index contributed by atoms with van der Waals surface area (Å²) in [5.41, 5.74) is 2.44. The highest BCUT2D eigenvalue weighted by Crippen LogP contribution is 2.30. The Bertz CT molecular complexity index is 767. The third-order valence-corrected chi connectivity index (χ3v) is 5.19. The number of anilines is 1. The number of hydrogen-bond donors (Lipinski definition) is 2. The molecule has 5 nitrogen and oxygen atoms in total. The van der Waals surface area contributed by atoms with Gasteiger partial charge < -0.3 is 15.5 Å². The van der Waals surface area contributed by atoms with Crippen LogP contribution in [0.3, 0.4) is 0 Å². The van der Waals surface area contributed by atoms with Gasteiger partial charge >= 0.3 is 6.03 Å². The molecule has 0 spiro atoms. The molecule has 1 heterocycles. The van der Waals surface area contributed by atoms with E-state index in [9.17, 15) is 9.59 Å². The van der Waals surface area contributed by atoms with Crippen LogP contribution < -0.4 is 10.6 Å². The van der Waals surface area contributed by atoms with E-state index in [0.29, 0.717) is 29.9 Å². The SMILES string of the molecule is O=C(Nc1cccc(C(=O)N(Cc2ccsc2)C2CC2)c1)NC1CC1. The van der Waals surface area contributed by atoms with Gasteiger partial charge in [0, 0.05) is 29.9 Å². The summed E-state index contributed by atoms with van der Waals surface area (Å²) in [5.74, 6) is 0.0277. The molecule has 4 rings (SSSR count). The molecule has 2 saturated carbocycles. The number of thiophene rings is 1. The third kappa shape index (κ3) is 4.20. The van der Waals surface area contributed by atoms with Crippen molar-refractivity contribution in [1.82, 2.24) is 10.2 Å². The molecule has 1 aromatic carbocycles. The van der Waals surface area contributed by atoms with Gasteiger partial charge in [-0.15, -0.1) is 0 Å². The molecule has 2 aliphatic rings. The van der Waals surface area contributed by atoms with Gasteiger partial charge in [-0.3, -0.25) is 4.79 Å². The van der Waals surface area contributed by atoms with Gasteiger partial charge in [-0.25, -0.2) is 4.79 Å². The lowest BCUT2D eigenvalue weighted by Gasteiger charge is -2.22. The summed E-state index contributed by atoms with van der Waals surface area (Å²) in [5, 5.41) is 9.83. The topological polar surface area (TPSA) is 61.4 Å². The fourth-order valence-corrected chi connectivity index (χ4v) is 3.47. The first-order valence-corrected chi connectivity index (χ1v) is 9.63. The highest BCUT2D eigenvalue weighted by molar-refractivity contribution is 7.07. The minimum absolute atomic E-state index is 0.0277. The Balaban J connectivity index is 1.46. The van der Waals surface area contributed by atoms with Crippen LogP contribution >= 0.6 is 11.3 Å². The largest absolute Gasteiger partial charge is 0.335 e. The summed E-state index contributed by atoms with van der Waals surface area (Å²) in [7, 11) is 0. The summed E-state index contributed by atoms with van der Waals surface area (Å²) >= 11 is 1.65. The van der Waals surface area contributed by atoms with Crippen LogP contribution in [0.2, 0.25) is 0 Å². The molecule has 0 saturated heterocycles. The Hall–Kier alpha value is -2.34. The predicted octanol–water partition coefficient (Wildman–Crippen LogP) is 3.84. The molecule has 0 atom stereocenters. The molecule has 3 amide bonds. The summed E-state index contributed by atoms with van der Waals surface area (Å²) in [4.78, 5) is 26.8. The molecule has 1 aromatic heterocycles.